The molecule has 1 aromatic carbocycles. The van der Waals surface area contributed by atoms with Gasteiger partial charge >= 0.3 is 0 Å². The molecular weight excluding hydrogens is 294 g/mol. The molecule has 114 valence electrons. The van der Waals surface area contributed by atoms with Gasteiger partial charge < -0.3 is 10.1 Å². The molecule has 0 saturated heterocycles. The Labute approximate surface area is 133 Å². The molecule has 0 amide bonds. The molecule has 0 bridgehead atoms. The summed E-state index contributed by atoms with van der Waals surface area (Å²) in [6.45, 7) is 2.93. The third kappa shape index (κ3) is 2.21. The van der Waals surface area contributed by atoms with Gasteiger partial charge in [-0.3, -0.25) is 4.40 Å². The molecule has 2 heterocycles. The van der Waals surface area contributed by atoms with E-state index in [0.717, 1.165) is 22.9 Å². The van der Waals surface area contributed by atoms with Crippen LogP contribution in [0.4, 0.5) is 0 Å². The maximum Gasteiger partial charge on any atom is 0.194 e. The number of hydrogen-bond donors (Lipinski definition) is 1. The number of nitrogens with one attached hydrogen (secondary N) is 1. The molecule has 0 aliphatic heterocycles. The number of imidazole rings is 1. The van der Waals surface area contributed by atoms with Gasteiger partial charge in [0.05, 0.1) is 18.5 Å². The molecule has 0 radical (unpaired) electrons. The maximum absolute atomic E-state index is 5.25. The smallest absolute Gasteiger partial charge is 0.194 e. The lowest BCUT2D eigenvalue weighted by Gasteiger charge is -2.18. The van der Waals surface area contributed by atoms with Crippen LogP contribution < -0.4 is 10.1 Å². The normalized spacial score (nSPS) is 16.1. The molecule has 1 aliphatic rings. The molecular formula is C17H19N3OS. The molecule has 1 fully saturated rings. The third-order valence-corrected chi connectivity index (χ3v) is 5.30. The van der Waals surface area contributed by atoms with Gasteiger partial charge in [-0.2, -0.15) is 0 Å². The predicted molar refractivity (Wildman–Crippen MR) is 88.6 cm³/mol. The number of benzene rings is 1. The van der Waals surface area contributed by atoms with Crippen LogP contribution in [-0.2, 0) is 12.1 Å². The van der Waals surface area contributed by atoms with Crippen molar-refractivity contribution in [3.63, 3.8) is 0 Å². The average molecular weight is 313 g/mol. The fourth-order valence-electron chi connectivity index (χ4n) is 3.01. The Bertz CT molecular complexity index is 799. The molecule has 1 aliphatic carbocycles. The summed E-state index contributed by atoms with van der Waals surface area (Å²) in [5.41, 5.74) is 3.84. The number of nitrogens with zero attached hydrogens (tertiary/aromatic N) is 2. The highest BCUT2D eigenvalue weighted by Gasteiger charge is 2.43. The summed E-state index contributed by atoms with van der Waals surface area (Å²) in [5.74, 6) is 0.908. The molecule has 5 heteroatoms. The summed E-state index contributed by atoms with van der Waals surface area (Å²) >= 11 is 1.68. The van der Waals surface area contributed by atoms with E-state index in [1.807, 2.05) is 12.1 Å². The number of ether oxygens (including phenoxy) is 1. The second kappa shape index (κ2) is 5.11. The van der Waals surface area contributed by atoms with Gasteiger partial charge in [0, 0.05) is 23.7 Å². The van der Waals surface area contributed by atoms with E-state index in [1.165, 1.54) is 24.1 Å². The summed E-state index contributed by atoms with van der Waals surface area (Å²) in [4.78, 5) is 5.69. The highest BCUT2D eigenvalue weighted by molar-refractivity contribution is 7.15. The lowest BCUT2D eigenvalue weighted by atomic mass is 10.0. The van der Waals surface area contributed by atoms with Crippen molar-refractivity contribution in [3.05, 3.63) is 52.8 Å². The molecule has 3 aromatic rings. The van der Waals surface area contributed by atoms with E-state index < -0.39 is 0 Å². The number of aryl methyl sites for hydroxylation is 1. The summed E-state index contributed by atoms with van der Waals surface area (Å²) in [7, 11) is 1.70. The molecule has 0 spiro atoms. The van der Waals surface area contributed by atoms with Crippen LogP contribution in [0.5, 0.6) is 5.75 Å². The fraction of sp³-hybridized carbons (Fsp3) is 0.353. The van der Waals surface area contributed by atoms with Gasteiger partial charge in [0.25, 0.3) is 0 Å². The Hall–Kier alpha value is -1.85. The maximum atomic E-state index is 5.25. The van der Waals surface area contributed by atoms with Gasteiger partial charge in [-0.1, -0.05) is 12.1 Å². The van der Waals surface area contributed by atoms with E-state index >= 15 is 0 Å². The van der Waals surface area contributed by atoms with Crippen LogP contribution in [0.1, 0.15) is 29.8 Å². The monoisotopic (exact) mass is 313 g/mol. The predicted octanol–water partition coefficient (Wildman–Crippen LogP) is 3.49. The summed E-state index contributed by atoms with van der Waals surface area (Å²) in [5, 5.41) is 5.84. The first-order chi connectivity index (χ1) is 10.7. The fourth-order valence-corrected chi connectivity index (χ4v) is 3.79. The number of rotatable bonds is 5. The highest BCUT2D eigenvalue weighted by atomic mass is 32.1. The zero-order valence-corrected chi connectivity index (χ0v) is 13.6. The van der Waals surface area contributed by atoms with Crippen LogP contribution in [0, 0.1) is 6.92 Å². The Balaban J connectivity index is 1.55. The molecule has 2 aromatic heterocycles. The average Bonchev–Trinajstić information content (AvgIpc) is 3.10. The minimum absolute atomic E-state index is 0.124. The minimum atomic E-state index is 0.124. The molecule has 4 nitrogen and oxygen atoms in total. The summed E-state index contributed by atoms with van der Waals surface area (Å²) < 4.78 is 7.44. The summed E-state index contributed by atoms with van der Waals surface area (Å²) in [6, 6.07) is 8.42. The van der Waals surface area contributed by atoms with Crippen LogP contribution >= 0.6 is 11.3 Å². The van der Waals surface area contributed by atoms with Crippen molar-refractivity contribution in [1.82, 2.24) is 14.7 Å². The molecule has 1 saturated carbocycles. The summed E-state index contributed by atoms with van der Waals surface area (Å²) in [6.07, 6.45) is 4.47. The van der Waals surface area contributed by atoms with Crippen LogP contribution in [0.25, 0.3) is 4.96 Å². The molecule has 0 unspecified atom stereocenters. The van der Waals surface area contributed by atoms with Crippen LogP contribution in [-0.4, -0.2) is 16.5 Å². The highest BCUT2D eigenvalue weighted by Crippen LogP contribution is 2.46. The lowest BCUT2D eigenvalue weighted by Crippen LogP contribution is -2.29. The molecule has 0 atom stereocenters. The first kappa shape index (κ1) is 13.8. The number of methoxy groups -OCH3 is 1. The van der Waals surface area contributed by atoms with Gasteiger partial charge in [0.1, 0.15) is 5.75 Å². The van der Waals surface area contributed by atoms with E-state index in [0.29, 0.717) is 0 Å². The van der Waals surface area contributed by atoms with Gasteiger partial charge in [-0.15, -0.1) is 11.3 Å². The van der Waals surface area contributed by atoms with E-state index in [9.17, 15) is 0 Å². The van der Waals surface area contributed by atoms with E-state index in [-0.39, 0.29) is 5.54 Å². The Morgan fingerprint density at radius 2 is 2.09 bits per heavy atom. The lowest BCUT2D eigenvalue weighted by molar-refractivity contribution is 0.414. The standard InChI is InChI=1S/C17H19N3OS/c1-12-15(20-9-10-22-16(20)19-12)11-18-17(7-8-17)13-3-5-14(21-2)6-4-13/h3-6,9-10,18H,7-8,11H2,1-2H3. The van der Waals surface area contributed by atoms with Crippen LogP contribution in [0.2, 0.25) is 0 Å². The second-order valence-electron chi connectivity index (χ2n) is 5.86. The van der Waals surface area contributed by atoms with Crippen LogP contribution in [0.15, 0.2) is 35.8 Å². The van der Waals surface area contributed by atoms with Crippen molar-refractivity contribution in [3.8, 4) is 5.75 Å². The molecule has 4 rings (SSSR count). The van der Waals surface area contributed by atoms with Crippen molar-refractivity contribution in [2.75, 3.05) is 7.11 Å². The second-order valence-corrected chi connectivity index (χ2v) is 6.74. The van der Waals surface area contributed by atoms with E-state index in [1.54, 1.807) is 18.4 Å². The van der Waals surface area contributed by atoms with Gasteiger partial charge in [0.2, 0.25) is 0 Å². The minimum Gasteiger partial charge on any atom is -0.497 e. The Morgan fingerprint density at radius 3 is 2.77 bits per heavy atom. The zero-order chi connectivity index (χ0) is 15.2. The van der Waals surface area contributed by atoms with Crippen LogP contribution in [0.3, 0.4) is 0 Å². The Kier molecular flexibility index (Phi) is 3.20. The third-order valence-electron chi connectivity index (χ3n) is 4.55. The van der Waals surface area contributed by atoms with Crippen molar-refractivity contribution in [2.45, 2.75) is 31.8 Å². The largest absolute Gasteiger partial charge is 0.497 e. The van der Waals surface area contributed by atoms with Crippen molar-refractivity contribution in [1.29, 1.82) is 0 Å². The number of aromatic nitrogens is 2. The zero-order valence-electron chi connectivity index (χ0n) is 12.8. The number of fused-ring (bicyclic) bond motifs is 1. The number of thiazole rings is 1. The quantitative estimate of drug-likeness (QED) is 0.783. The molecule has 1 N–H and O–H groups in total. The first-order valence-electron chi connectivity index (χ1n) is 7.52. The van der Waals surface area contributed by atoms with E-state index in [2.05, 4.69) is 45.3 Å². The molecule has 22 heavy (non-hydrogen) atoms. The van der Waals surface area contributed by atoms with Crippen molar-refractivity contribution < 1.29 is 4.74 Å². The van der Waals surface area contributed by atoms with E-state index in [4.69, 9.17) is 4.74 Å². The van der Waals surface area contributed by atoms with Crippen molar-refractivity contribution >= 4 is 16.3 Å². The van der Waals surface area contributed by atoms with Gasteiger partial charge in [0.15, 0.2) is 4.96 Å². The van der Waals surface area contributed by atoms with Gasteiger partial charge in [-0.05, 0) is 37.5 Å². The Morgan fingerprint density at radius 1 is 1.32 bits per heavy atom. The SMILES string of the molecule is COc1ccc(C2(NCc3c(C)nc4sccn34)CC2)cc1. The van der Waals surface area contributed by atoms with Gasteiger partial charge in [-0.25, -0.2) is 4.98 Å². The van der Waals surface area contributed by atoms with Crippen molar-refractivity contribution in [2.24, 2.45) is 0 Å². The number of hydrogen-bond acceptors (Lipinski definition) is 4. The topological polar surface area (TPSA) is 38.6 Å². The first-order valence-corrected chi connectivity index (χ1v) is 8.40.